The highest BCUT2D eigenvalue weighted by molar-refractivity contribution is 9.09. The molecule has 0 N–H and O–H groups in total. The summed E-state index contributed by atoms with van der Waals surface area (Å²) in [6.45, 7) is 4.25. The normalized spacial score (nSPS) is 10.2. The minimum atomic E-state index is -0.0680. The Morgan fingerprint density at radius 2 is 1.90 bits per heavy atom. The van der Waals surface area contributed by atoms with Crippen molar-refractivity contribution in [1.82, 2.24) is 0 Å². The van der Waals surface area contributed by atoms with Crippen LogP contribution < -0.4 is 0 Å². The number of rotatable bonds is 10. The average Bonchev–Trinajstić information content (AvgIpc) is 2.49. The summed E-state index contributed by atoms with van der Waals surface area (Å²) in [4.78, 5) is 11.5. The van der Waals surface area contributed by atoms with Crippen LogP contribution in [-0.4, -0.2) is 17.9 Å². The van der Waals surface area contributed by atoms with E-state index in [9.17, 15) is 4.79 Å². The zero-order chi connectivity index (χ0) is 14.6. The molecular formula is C17H23BrO2. The van der Waals surface area contributed by atoms with Gasteiger partial charge in [-0.25, -0.2) is 0 Å². The third kappa shape index (κ3) is 7.49. The molecule has 0 aliphatic heterocycles. The lowest BCUT2D eigenvalue weighted by molar-refractivity contribution is -0.143. The van der Waals surface area contributed by atoms with Crippen LogP contribution in [0.3, 0.4) is 0 Å². The Balaban J connectivity index is 2.08. The molecule has 1 rings (SSSR count). The molecule has 0 aliphatic carbocycles. The van der Waals surface area contributed by atoms with Crippen LogP contribution in [0.4, 0.5) is 0 Å². The molecule has 0 spiro atoms. The lowest BCUT2D eigenvalue weighted by atomic mass is 10.1. The van der Waals surface area contributed by atoms with E-state index in [-0.39, 0.29) is 5.97 Å². The third-order valence-corrected chi connectivity index (χ3v) is 3.66. The van der Waals surface area contributed by atoms with Gasteiger partial charge in [-0.3, -0.25) is 4.79 Å². The largest absolute Gasteiger partial charge is 0.466 e. The summed E-state index contributed by atoms with van der Waals surface area (Å²) in [5.74, 6) is -0.0680. The van der Waals surface area contributed by atoms with Crippen LogP contribution in [0, 0.1) is 0 Å². The van der Waals surface area contributed by atoms with Gasteiger partial charge in [-0.2, -0.15) is 0 Å². The van der Waals surface area contributed by atoms with E-state index >= 15 is 0 Å². The van der Waals surface area contributed by atoms with Crippen molar-refractivity contribution < 1.29 is 9.53 Å². The summed E-state index contributed by atoms with van der Waals surface area (Å²) >= 11 is 3.38. The fourth-order valence-electron chi connectivity index (χ4n) is 1.90. The summed E-state index contributed by atoms with van der Waals surface area (Å²) < 4.78 is 5.22. The highest BCUT2D eigenvalue weighted by Gasteiger charge is 2.02. The maximum absolute atomic E-state index is 11.5. The van der Waals surface area contributed by atoms with Gasteiger partial charge >= 0.3 is 5.97 Å². The maximum atomic E-state index is 11.5. The first-order valence-corrected chi connectivity index (χ1v) is 8.31. The minimum absolute atomic E-state index is 0.0680. The zero-order valence-corrected chi connectivity index (χ0v) is 13.5. The standard InChI is InChI=1S/C17H23BrO2/c1-2-15-9-11-16(12-10-15)7-6-14-20-17(19)8-4-3-5-13-18/h2,9-12H,1,3-8,13-14H2. The Labute approximate surface area is 130 Å². The lowest BCUT2D eigenvalue weighted by Gasteiger charge is -2.05. The second-order valence-electron chi connectivity index (χ2n) is 4.77. The molecular weight excluding hydrogens is 316 g/mol. The van der Waals surface area contributed by atoms with Crippen molar-refractivity contribution in [2.24, 2.45) is 0 Å². The predicted molar refractivity (Wildman–Crippen MR) is 88.1 cm³/mol. The topological polar surface area (TPSA) is 26.3 Å². The molecule has 110 valence electrons. The van der Waals surface area contributed by atoms with Gasteiger partial charge in [0.25, 0.3) is 0 Å². The van der Waals surface area contributed by atoms with Crippen molar-refractivity contribution >= 4 is 28.0 Å². The Bertz CT molecular complexity index is 398. The molecule has 0 bridgehead atoms. The van der Waals surface area contributed by atoms with Crippen molar-refractivity contribution in [2.75, 3.05) is 11.9 Å². The van der Waals surface area contributed by atoms with Gasteiger partial charge in [-0.05, 0) is 36.8 Å². The number of esters is 1. The minimum Gasteiger partial charge on any atom is -0.466 e. The third-order valence-electron chi connectivity index (χ3n) is 3.10. The van der Waals surface area contributed by atoms with Gasteiger partial charge in [-0.1, -0.05) is 59.3 Å². The maximum Gasteiger partial charge on any atom is 0.305 e. The molecule has 0 atom stereocenters. The SMILES string of the molecule is C=Cc1ccc(CCCOC(=O)CCCCCBr)cc1. The summed E-state index contributed by atoms with van der Waals surface area (Å²) in [6, 6.07) is 8.30. The number of hydrogen-bond donors (Lipinski definition) is 0. The Morgan fingerprint density at radius 1 is 1.15 bits per heavy atom. The van der Waals surface area contributed by atoms with Crippen molar-refractivity contribution in [1.29, 1.82) is 0 Å². The number of hydrogen-bond acceptors (Lipinski definition) is 2. The first-order valence-electron chi connectivity index (χ1n) is 7.19. The van der Waals surface area contributed by atoms with Gasteiger partial charge in [0.1, 0.15) is 0 Å². The average molecular weight is 339 g/mol. The quantitative estimate of drug-likeness (QED) is 0.349. The summed E-state index contributed by atoms with van der Waals surface area (Å²) in [5.41, 5.74) is 2.40. The zero-order valence-electron chi connectivity index (χ0n) is 11.9. The number of aryl methyl sites for hydroxylation is 1. The van der Waals surface area contributed by atoms with Gasteiger partial charge < -0.3 is 4.74 Å². The van der Waals surface area contributed by atoms with Crippen LogP contribution in [-0.2, 0) is 16.0 Å². The van der Waals surface area contributed by atoms with Crippen LogP contribution in [0.15, 0.2) is 30.8 Å². The number of ether oxygens (including phenoxy) is 1. The van der Waals surface area contributed by atoms with E-state index in [1.165, 1.54) is 5.56 Å². The first-order chi connectivity index (χ1) is 9.76. The van der Waals surface area contributed by atoms with E-state index < -0.39 is 0 Å². The molecule has 0 unspecified atom stereocenters. The van der Waals surface area contributed by atoms with E-state index in [0.29, 0.717) is 13.0 Å². The Hall–Kier alpha value is -1.09. The molecule has 0 heterocycles. The molecule has 0 saturated heterocycles. The van der Waals surface area contributed by atoms with Crippen LogP contribution in [0.2, 0.25) is 0 Å². The van der Waals surface area contributed by atoms with E-state index in [1.54, 1.807) is 0 Å². The van der Waals surface area contributed by atoms with E-state index in [4.69, 9.17) is 4.74 Å². The molecule has 0 aromatic heterocycles. The molecule has 0 saturated carbocycles. The molecule has 3 heteroatoms. The summed E-state index contributed by atoms with van der Waals surface area (Å²) in [5, 5.41) is 1.01. The molecule has 0 aliphatic rings. The predicted octanol–water partition coefficient (Wildman–Crippen LogP) is 4.76. The Kier molecular flexibility index (Phi) is 9.05. The molecule has 0 radical (unpaired) electrons. The van der Waals surface area contributed by atoms with Crippen LogP contribution in [0.5, 0.6) is 0 Å². The van der Waals surface area contributed by atoms with Gasteiger partial charge in [0.05, 0.1) is 6.61 Å². The van der Waals surface area contributed by atoms with Gasteiger partial charge in [0.2, 0.25) is 0 Å². The van der Waals surface area contributed by atoms with E-state index in [1.807, 2.05) is 6.08 Å². The van der Waals surface area contributed by atoms with Crippen molar-refractivity contribution in [2.45, 2.75) is 38.5 Å². The molecule has 0 fully saturated rings. The number of carbonyl (C=O) groups excluding carboxylic acids is 1. The molecule has 0 amide bonds. The summed E-state index contributed by atoms with van der Waals surface area (Å²) in [7, 11) is 0. The van der Waals surface area contributed by atoms with Crippen LogP contribution in [0.25, 0.3) is 6.08 Å². The van der Waals surface area contributed by atoms with Crippen LogP contribution >= 0.6 is 15.9 Å². The summed E-state index contributed by atoms with van der Waals surface area (Å²) in [6.07, 6.45) is 7.31. The van der Waals surface area contributed by atoms with Crippen molar-refractivity contribution in [3.8, 4) is 0 Å². The molecule has 1 aromatic rings. The van der Waals surface area contributed by atoms with Crippen LogP contribution in [0.1, 0.15) is 43.2 Å². The fourth-order valence-corrected chi connectivity index (χ4v) is 2.29. The lowest BCUT2D eigenvalue weighted by Crippen LogP contribution is -2.06. The monoisotopic (exact) mass is 338 g/mol. The highest BCUT2D eigenvalue weighted by atomic mass is 79.9. The number of carbonyl (C=O) groups is 1. The first kappa shape index (κ1) is 17.0. The second-order valence-corrected chi connectivity index (χ2v) is 5.56. The fraction of sp³-hybridized carbons (Fsp3) is 0.471. The van der Waals surface area contributed by atoms with Gasteiger partial charge in [0.15, 0.2) is 0 Å². The smallest absolute Gasteiger partial charge is 0.305 e. The number of unbranched alkanes of at least 4 members (excludes halogenated alkanes) is 2. The van der Waals surface area contributed by atoms with Gasteiger partial charge in [-0.15, -0.1) is 0 Å². The van der Waals surface area contributed by atoms with Crippen molar-refractivity contribution in [3.05, 3.63) is 42.0 Å². The molecule has 1 aromatic carbocycles. The number of benzene rings is 1. The van der Waals surface area contributed by atoms with Gasteiger partial charge in [0, 0.05) is 11.8 Å². The van der Waals surface area contributed by atoms with E-state index in [0.717, 1.165) is 43.0 Å². The molecule has 2 nitrogen and oxygen atoms in total. The van der Waals surface area contributed by atoms with Crippen molar-refractivity contribution in [3.63, 3.8) is 0 Å². The Morgan fingerprint density at radius 3 is 2.55 bits per heavy atom. The number of alkyl halides is 1. The highest BCUT2D eigenvalue weighted by Crippen LogP contribution is 2.08. The van der Waals surface area contributed by atoms with E-state index in [2.05, 4.69) is 46.8 Å². The number of halogens is 1. The second kappa shape index (κ2) is 10.7. The molecule has 20 heavy (non-hydrogen) atoms.